The summed E-state index contributed by atoms with van der Waals surface area (Å²) in [5.41, 5.74) is 0.726. The van der Waals surface area contributed by atoms with Gasteiger partial charge in [0.15, 0.2) is 0 Å². The van der Waals surface area contributed by atoms with E-state index in [9.17, 15) is 96.0 Å². The molecular weight excluding hydrogens is 795 g/mol. The molecule has 51 heavy (non-hydrogen) atoms. The van der Waals surface area contributed by atoms with E-state index in [0.717, 1.165) is 18.4 Å². The number of unbranched alkanes of at least 4 members (excludes halogenated alkanes) is 9. The Balaban J connectivity index is 0.00000102. The Morgan fingerprint density at radius 2 is 0.824 bits per heavy atom. The van der Waals surface area contributed by atoms with Crippen molar-refractivity contribution in [3.8, 4) is 0 Å². The number of hydrogen-bond donors (Lipinski definition) is 2. The van der Waals surface area contributed by atoms with Crippen LogP contribution in [0.5, 0.6) is 0 Å². The van der Waals surface area contributed by atoms with E-state index in [-0.39, 0.29) is 4.90 Å². The predicted molar refractivity (Wildman–Crippen MR) is 144 cm³/mol. The molecule has 0 amide bonds. The second-order valence-electron chi connectivity index (χ2n) is 11.0. The lowest BCUT2D eigenvalue weighted by atomic mass is 9.91. The van der Waals surface area contributed by atoms with E-state index in [1.54, 1.807) is 12.1 Å². The molecule has 0 saturated heterocycles. The van der Waals surface area contributed by atoms with Crippen molar-refractivity contribution < 1.29 is 101 Å². The molecule has 0 aliphatic carbocycles. The molecule has 0 fully saturated rings. The molecule has 0 aliphatic rings. The zero-order valence-corrected chi connectivity index (χ0v) is 27.5. The Bertz CT molecular complexity index is 1480. The van der Waals surface area contributed by atoms with Crippen molar-refractivity contribution in [2.45, 2.75) is 129 Å². The van der Waals surface area contributed by atoms with Crippen molar-refractivity contribution in [3.63, 3.8) is 0 Å². The van der Waals surface area contributed by atoms with Crippen LogP contribution < -0.4 is 0 Å². The summed E-state index contributed by atoms with van der Waals surface area (Å²) >= 11 is 0. The molecule has 0 spiro atoms. The van der Waals surface area contributed by atoms with Gasteiger partial charge < -0.3 is 0 Å². The van der Waals surface area contributed by atoms with E-state index in [1.165, 1.54) is 57.4 Å². The third-order valence-corrected chi connectivity index (χ3v) is 8.93. The Hall–Kier alpha value is -2.15. The monoisotopic (exact) mass is 826 g/mol. The van der Waals surface area contributed by atoms with Gasteiger partial charge in [-0.1, -0.05) is 82.9 Å². The fourth-order valence-electron chi connectivity index (χ4n) is 4.08. The van der Waals surface area contributed by atoms with Crippen LogP contribution in [0.1, 0.15) is 76.7 Å². The summed E-state index contributed by atoms with van der Waals surface area (Å²) in [6.07, 6.45) is 5.43. The zero-order valence-electron chi connectivity index (χ0n) is 25.9. The largest absolute Gasteiger partial charge is 0.460 e. The number of benzene rings is 1. The van der Waals surface area contributed by atoms with Crippen LogP contribution in [0.3, 0.4) is 0 Å². The highest BCUT2D eigenvalue weighted by Gasteiger charge is 2.96. The summed E-state index contributed by atoms with van der Waals surface area (Å²) in [6, 6.07) is 6.73. The number of halogens is 17. The van der Waals surface area contributed by atoms with Crippen molar-refractivity contribution in [1.82, 2.24) is 0 Å². The van der Waals surface area contributed by atoms with Crippen molar-refractivity contribution >= 4 is 20.2 Å². The third-order valence-electron chi connectivity index (χ3n) is 7.07. The molecule has 1 aromatic carbocycles. The highest BCUT2D eigenvalue weighted by atomic mass is 32.2. The van der Waals surface area contributed by atoms with Crippen LogP contribution in [0, 0.1) is 0 Å². The first-order valence-corrected chi connectivity index (χ1v) is 17.2. The molecule has 2 N–H and O–H groups in total. The average molecular weight is 827 g/mol. The summed E-state index contributed by atoms with van der Waals surface area (Å²) in [5.74, 6) is -52.0. The SMILES string of the molecule is CCCCCCCCCCCCc1ccccc1S(=O)(=O)O.O=S(=O)(O)C(F)(F)C(F)(F)C(F)(F)C(F)(F)C(F)(F)C(F)(F)C(F)(F)C(F)(F)F. The maximum atomic E-state index is 13.0. The summed E-state index contributed by atoms with van der Waals surface area (Å²) in [5, 5.41) is -7.84. The first-order valence-electron chi connectivity index (χ1n) is 14.3. The molecule has 1 aromatic rings. The summed E-state index contributed by atoms with van der Waals surface area (Å²) < 4.78 is 274. The Kier molecular flexibility index (Phi) is 16.2. The maximum Gasteiger partial charge on any atom is 0.460 e. The van der Waals surface area contributed by atoms with Gasteiger partial charge in [-0.3, -0.25) is 9.11 Å². The van der Waals surface area contributed by atoms with Gasteiger partial charge in [0.05, 0.1) is 4.90 Å². The van der Waals surface area contributed by atoms with Crippen LogP contribution in [-0.2, 0) is 26.7 Å². The molecule has 0 aliphatic heterocycles. The molecule has 0 unspecified atom stereocenters. The van der Waals surface area contributed by atoms with Crippen LogP contribution in [0.15, 0.2) is 29.2 Å². The van der Waals surface area contributed by atoms with Crippen LogP contribution in [0.4, 0.5) is 74.6 Å². The van der Waals surface area contributed by atoms with Crippen molar-refractivity contribution in [2.75, 3.05) is 0 Å². The molecule has 302 valence electrons. The summed E-state index contributed by atoms with van der Waals surface area (Å²) in [4.78, 5) is 0.0610. The molecular formula is C26H31F17O6S2. The van der Waals surface area contributed by atoms with Gasteiger partial charge in [-0.2, -0.15) is 91.5 Å². The highest BCUT2D eigenvalue weighted by molar-refractivity contribution is 7.87. The lowest BCUT2D eigenvalue weighted by molar-refractivity contribution is -0.458. The van der Waals surface area contributed by atoms with Crippen LogP contribution in [0.25, 0.3) is 0 Å². The van der Waals surface area contributed by atoms with Crippen molar-refractivity contribution in [2.24, 2.45) is 0 Å². The van der Waals surface area contributed by atoms with Gasteiger partial charge in [0.2, 0.25) is 0 Å². The smallest absolute Gasteiger partial charge is 0.282 e. The quantitative estimate of drug-likeness (QED) is 0.0817. The average Bonchev–Trinajstić information content (AvgIpc) is 2.96. The van der Waals surface area contributed by atoms with Gasteiger partial charge >= 0.3 is 57.1 Å². The standard InChI is InChI=1S/C18H30O3S.C8HF17O3S/c1-2-3-4-5-6-7-8-9-10-11-14-17-15-12-13-16-18(17)22(19,20)21;9-1(10,3(13,14)5(17,18)7(21,22)23)2(11,12)4(15,16)6(19,20)8(24,25)29(26,27)28/h12-13,15-16H,2-11,14H2,1H3,(H,19,20,21);(H,26,27,28). The van der Waals surface area contributed by atoms with E-state index < -0.39 is 67.2 Å². The van der Waals surface area contributed by atoms with Crippen LogP contribution in [-0.4, -0.2) is 72.9 Å². The Labute approximate surface area is 280 Å². The van der Waals surface area contributed by atoms with Gasteiger partial charge in [-0.05, 0) is 24.5 Å². The molecule has 1 rings (SSSR count). The highest BCUT2D eigenvalue weighted by Crippen LogP contribution is 2.64. The topological polar surface area (TPSA) is 109 Å². The number of aryl methyl sites for hydroxylation is 1. The first-order chi connectivity index (χ1) is 22.6. The van der Waals surface area contributed by atoms with Gasteiger partial charge in [0, 0.05) is 0 Å². The van der Waals surface area contributed by atoms with Gasteiger partial charge in [-0.25, -0.2) is 0 Å². The maximum absolute atomic E-state index is 13.0. The van der Waals surface area contributed by atoms with E-state index in [4.69, 9.17) is 4.55 Å². The molecule has 0 atom stereocenters. The molecule has 6 nitrogen and oxygen atoms in total. The number of rotatable bonds is 19. The van der Waals surface area contributed by atoms with E-state index in [2.05, 4.69) is 6.92 Å². The Morgan fingerprint density at radius 1 is 0.490 bits per heavy atom. The number of hydrogen-bond acceptors (Lipinski definition) is 4. The summed E-state index contributed by atoms with van der Waals surface area (Å²) in [6.45, 7) is 2.24. The molecule has 0 bridgehead atoms. The lowest BCUT2D eigenvalue weighted by Crippen LogP contribution is -2.74. The molecule has 25 heteroatoms. The fourth-order valence-corrected chi connectivity index (χ4v) is 5.28. The van der Waals surface area contributed by atoms with Crippen LogP contribution >= 0.6 is 0 Å². The predicted octanol–water partition coefficient (Wildman–Crippen LogP) is 10.2. The van der Waals surface area contributed by atoms with Crippen molar-refractivity contribution in [1.29, 1.82) is 0 Å². The fraction of sp³-hybridized carbons (Fsp3) is 0.769. The third kappa shape index (κ3) is 10.3. The molecule has 0 radical (unpaired) electrons. The van der Waals surface area contributed by atoms with Gasteiger partial charge in [0.1, 0.15) is 0 Å². The number of alkyl halides is 17. The molecule has 0 saturated carbocycles. The second-order valence-corrected chi connectivity index (χ2v) is 13.8. The second kappa shape index (κ2) is 16.9. The molecule has 0 aromatic heterocycles. The molecule has 0 heterocycles. The minimum Gasteiger partial charge on any atom is -0.282 e. The van der Waals surface area contributed by atoms with Crippen LogP contribution in [0.2, 0.25) is 0 Å². The lowest BCUT2D eigenvalue weighted by Gasteiger charge is -2.42. The van der Waals surface area contributed by atoms with Gasteiger partial charge in [-0.15, -0.1) is 0 Å². The normalized spacial score (nSPS) is 14.7. The minimum atomic E-state index is -8.89. The Morgan fingerprint density at radius 3 is 1.18 bits per heavy atom. The van der Waals surface area contributed by atoms with Gasteiger partial charge in [0.25, 0.3) is 10.1 Å². The van der Waals surface area contributed by atoms with E-state index in [0.29, 0.717) is 6.42 Å². The summed E-state index contributed by atoms with van der Waals surface area (Å²) in [7, 11) is -12.0. The first kappa shape index (κ1) is 48.9. The van der Waals surface area contributed by atoms with E-state index >= 15 is 0 Å². The van der Waals surface area contributed by atoms with E-state index in [1.807, 2.05) is 6.07 Å². The minimum absolute atomic E-state index is 0.0610. The van der Waals surface area contributed by atoms with Crippen molar-refractivity contribution in [3.05, 3.63) is 29.8 Å². The zero-order chi connectivity index (χ0) is 40.8.